The number of para-hydroxylation sites is 1. The van der Waals surface area contributed by atoms with Crippen LogP contribution in [0.3, 0.4) is 0 Å². The Kier molecular flexibility index (Phi) is 6.10. The number of hydrogen-bond donors (Lipinski definition) is 2. The number of rotatable bonds is 9. The molecule has 0 aliphatic carbocycles. The zero-order chi connectivity index (χ0) is 23.5. The smallest absolute Gasteiger partial charge is 0.227 e. The topological polar surface area (TPSA) is 84.0 Å². The fourth-order valence-electron chi connectivity index (χ4n) is 3.95. The van der Waals surface area contributed by atoms with Gasteiger partial charge >= 0.3 is 0 Å². The zero-order valence-corrected chi connectivity index (χ0v) is 19.3. The number of fused-ring (bicyclic) bond motifs is 1. The number of anilines is 3. The Bertz CT molecular complexity index is 1340. The maximum absolute atomic E-state index is 6.00. The summed E-state index contributed by atoms with van der Waals surface area (Å²) in [6, 6.07) is 21.8. The highest BCUT2D eigenvalue weighted by molar-refractivity contribution is 5.92. The minimum Gasteiger partial charge on any atom is -0.462 e. The van der Waals surface area contributed by atoms with E-state index in [0.717, 1.165) is 57.8 Å². The number of aromatic nitrogens is 2. The maximum atomic E-state index is 6.00. The lowest BCUT2D eigenvalue weighted by atomic mass is 10.1. The minimum absolute atomic E-state index is 0.165. The van der Waals surface area contributed by atoms with Crippen LogP contribution in [-0.4, -0.2) is 29.1 Å². The molecule has 4 aromatic rings. The number of benzene rings is 3. The zero-order valence-electron chi connectivity index (χ0n) is 19.3. The Morgan fingerprint density at radius 3 is 2.76 bits per heavy atom. The lowest BCUT2D eigenvalue weighted by Gasteiger charge is -2.13. The largest absolute Gasteiger partial charge is 0.462 e. The molecule has 0 amide bonds. The molecular formula is C27H27N5O2. The molecule has 7 heteroatoms. The summed E-state index contributed by atoms with van der Waals surface area (Å²) in [7, 11) is 0. The van der Waals surface area contributed by atoms with Gasteiger partial charge < -0.3 is 14.8 Å². The van der Waals surface area contributed by atoms with Gasteiger partial charge in [0, 0.05) is 23.4 Å². The average molecular weight is 454 g/mol. The van der Waals surface area contributed by atoms with E-state index in [1.165, 1.54) is 0 Å². The van der Waals surface area contributed by atoms with Crippen molar-refractivity contribution in [1.82, 2.24) is 9.97 Å². The molecule has 0 saturated carbocycles. The number of hydrogen-bond acceptors (Lipinski definition) is 7. The van der Waals surface area contributed by atoms with E-state index in [4.69, 9.17) is 19.4 Å². The highest BCUT2D eigenvalue weighted by Gasteiger charge is 2.40. The first-order chi connectivity index (χ1) is 16.6. The summed E-state index contributed by atoms with van der Waals surface area (Å²) < 4.78 is 11.6. The fraction of sp³-hybridized carbons (Fsp3) is 0.222. The second-order valence-corrected chi connectivity index (χ2v) is 8.31. The van der Waals surface area contributed by atoms with Gasteiger partial charge in [0.05, 0.1) is 11.2 Å². The van der Waals surface area contributed by atoms with Crippen LogP contribution in [0.25, 0.3) is 22.3 Å². The number of ether oxygens (including phenoxy) is 2. The van der Waals surface area contributed by atoms with Crippen LogP contribution >= 0.6 is 0 Å². The third-order valence-electron chi connectivity index (χ3n) is 5.75. The lowest BCUT2D eigenvalue weighted by Crippen LogP contribution is -2.03. The van der Waals surface area contributed by atoms with Gasteiger partial charge in [-0.25, -0.2) is 9.97 Å². The summed E-state index contributed by atoms with van der Waals surface area (Å²) in [6.45, 7) is 7.65. The second kappa shape index (κ2) is 9.49. The van der Waals surface area contributed by atoms with E-state index in [2.05, 4.69) is 29.5 Å². The fourth-order valence-corrected chi connectivity index (χ4v) is 3.95. The van der Waals surface area contributed by atoms with Gasteiger partial charge in [-0.1, -0.05) is 37.6 Å². The summed E-state index contributed by atoms with van der Waals surface area (Å²) in [4.78, 5) is 9.70. The molecule has 0 bridgehead atoms. The molecule has 1 aromatic heterocycles. The molecule has 2 heterocycles. The molecule has 5 rings (SSSR count). The molecule has 1 aliphatic heterocycles. The molecule has 2 N–H and O–H groups in total. The molecule has 172 valence electrons. The van der Waals surface area contributed by atoms with Crippen molar-refractivity contribution in [2.75, 3.05) is 10.7 Å². The van der Waals surface area contributed by atoms with Gasteiger partial charge in [-0.3, -0.25) is 5.43 Å². The first kappa shape index (κ1) is 21.9. The van der Waals surface area contributed by atoms with Crippen LogP contribution in [0.2, 0.25) is 0 Å². The van der Waals surface area contributed by atoms with Crippen LogP contribution in [0.15, 0.2) is 71.8 Å². The number of epoxide rings is 1. The van der Waals surface area contributed by atoms with Crippen molar-refractivity contribution in [2.24, 2.45) is 5.10 Å². The second-order valence-electron chi connectivity index (χ2n) is 8.31. The summed E-state index contributed by atoms with van der Waals surface area (Å²) in [5.41, 5.74) is 7.52. The van der Waals surface area contributed by atoms with E-state index in [0.29, 0.717) is 5.82 Å². The minimum atomic E-state index is -0.165. The van der Waals surface area contributed by atoms with E-state index in [1.54, 1.807) is 0 Å². The van der Waals surface area contributed by atoms with Crippen molar-refractivity contribution in [3.8, 4) is 17.1 Å². The van der Waals surface area contributed by atoms with Gasteiger partial charge in [-0.05, 0) is 61.4 Å². The third-order valence-corrected chi connectivity index (χ3v) is 5.75. The van der Waals surface area contributed by atoms with Crippen molar-refractivity contribution in [3.05, 3.63) is 72.3 Å². The van der Waals surface area contributed by atoms with Crippen molar-refractivity contribution < 1.29 is 9.47 Å². The molecule has 7 nitrogen and oxygen atoms in total. The van der Waals surface area contributed by atoms with Gasteiger partial charge in [0.1, 0.15) is 17.7 Å². The molecule has 1 fully saturated rings. The molecule has 1 aliphatic rings. The van der Waals surface area contributed by atoms with E-state index in [-0.39, 0.29) is 12.4 Å². The molecule has 0 radical (unpaired) electrons. The van der Waals surface area contributed by atoms with Gasteiger partial charge in [0.15, 0.2) is 5.82 Å². The number of nitrogens with one attached hydrogen (secondary N) is 2. The Hall–Kier alpha value is -3.97. The van der Waals surface area contributed by atoms with E-state index < -0.39 is 0 Å². The van der Waals surface area contributed by atoms with Crippen molar-refractivity contribution in [1.29, 1.82) is 0 Å². The lowest BCUT2D eigenvalue weighted by molar-refractivity contribution is 0.178. The van der Waals surface area contributed by atoms with Crippen LogP contribution in [0, 0.1) is 6.92 Å². The molecule has 3 aromatic carbocycles. The summed E-state index contributed by atoms with van der Waals surface area (Å²) in [5.74, 6) is 2.11. The predicted molar refractivity (Wildman–Crippen MR) is 137 cm³/mol. The van der Waals surface area contributed by atoms with Crippen LogP contribution in [0.4, 0.5) is 17.2 Å². The molecule has 2 unspecified atom stereocenters. The van der Waals surface area contributed by atoms with Crippen molar-refractivity contribution >= 4 is 34.8 Å². The summed E-state index contributed by atoms with van der Waals surface area (Å²) in [6.07, 6.45) is 2.11. The van der Waals surface area contributed by atoms with Crippen molar-refractivity contribution in [2.45, 2.75) is 39.1 Å². The summed E-state index contributed by atoms with van der Waals surface area (Å²) >= 11 is 0. The average Bonchev–Trinajstić information content (AvgIpc) is 3.58. The quantitative estimate of drug-likeness (QED) is 0.176. The Labute approximate surface area is 198 Å². The monoisotopic (exact) mass is 453 g/mol. The number of aryl methyl sites for hydroxylation is 1. The Balaban J connectivity index is 1.46. The molecule has 1 saturated heterocycles. The van der Waals surface area contributed by atoms with Crippen molar-refractivity contribution in [3.63, 3.8) is 0 Å². The van der Waals surface area contributed by atoms with E-state index >= 15 is 0 Å². The molecular weight excluding hydrogens is 426 g/mol. The van der Waals surface area contributed by atoms with Crippen LogP contribution in [-0.2, 0) is 4.74 Å². The SMILES string of the molecule is C=NNc1ccc(Nc2nc(-c3cccc(OC4OC4CCC)c3)nc3ccccc23)cc1C. The van der Waals surface area contributed by atoms with Crippen LogP contribution < -0.4 is 15.5 Å². The first-order valence-corrected chi connectivity index (χ1v) is 11.4. The highest BCUT2D eigenvalue weighted by atomic mass is 16.8. The summed E-state index contributed by atoms with van der Waals surface area (Å²) in [5, 5.41) is 8.16. The standard InChI is InChI=1S/C27H27N5O2/c1-4-8-24-27(34-24)33-20-10-7-9-18(16-20)25-30-23-12-6-5-11-21(23)26(31-25)29-19-13-14-22(32-28-3)17(2)15-19/h5-7,9-16,24,27,32H,3-4,8H2,1-2H3,(H,29,30,31). The number of hydrazone groups is 1. The van der Waals surface area contributed by atoms with Gasteiger partial charge in [-0.15, -0.1) is 0 Å². The molecule has 34 heavy (non-hydrogen) atoms. The number of nitrogens with zero attached hydrogens (tertiary/aromatic N) is 3. The van der Waals surface area contributed by atoms with Crippen LogP contribution in [0.1, 0.15) is 25.3 Å². The van der Waals surface area contributed by atoms with Crippen LogP contribution in [0.5, 0.6) is 5.75 Å². The highest BCUT2D eigenvalue weighted by Crippen LogP contribution is 2.33. The molecule has 0 spiro atoms. The van der Waals surface area contributed by atoms with E-state index in [9.17, 15) is 0 Å². The Morgan fingerprint density at radius 1 is 1.06 bits per heavy atom. The Morgan fingerprint density at radius 2 is 1.94 bits per heavy atom. The maximum Gasteiger partial charge on any atom is 0.227 e. The van der Waals surface area contributed by atoms with Gasteiger partial charge in [0.2, 0.25) is 6.29 Å². The first-order valence-electron chi connectivity index (χ1n) is 11.4. The van der Waals surface area contributed by atoms with Gasteiger partial charge in [0.25, 0.3) is 0 Å². The van der Waals surface area contributed by atoms with E-state index in [1.807, 2.05) is 73.7 Å². The normalized spacial score (nSPS) is 16.8. The molecule has 2 atom stereocenters. The predicted octanol–water partition coefficient (Wildman–Crippen LogP) is 6.28. The third kappa shape index (κ3) is 4.70. The van der Waals surface area contributed by atoms with Gasteiger partial charge in [-0.2, -0.15) is 5.10 Å².